The number of benzene rings is 2. The molecule has 3 aromatic rings. The van der Waals surface area contributed by atoms with Crippen molar-refractivity contribution in [2.45, 2.75) is 39.4 Å². The van der Waals surface area contributed by atoms with Gasteiger partial charge in [-0.15, -0.1) is 0 Å². The van der Waals surface area contributed by atoms with Gasteiger partial charge >= 0.3 is 0 Å². The molecule has 2 unspecified atom stereocenters. The Bertz CT molecular complexity index is 1050. The van der Waals surface area contributed by atoms with Crippen LogP contribution in [0.3, 0.4) is 0 Å². The van der Waals surface area contributed by atoms with Gasteiger partial charge in [0.2, 0.25) is 5.91 Å². The minimum absolute atomic E-state index is 0.0144. The molecule has 2 aromatic carbocycles. The maximum Gasteiger partial charge on any atom is 0.256 e. The SMILES string of the molecule is CN1C(=O)C(Cc2c[nH]c3ccccc23)N(C(=O)c2ccccc2)C1C(C)(C)C. The van der Waals surface area contributed by atoms with Crippen molar-refractivity contribution < 1.29 is 9.59 Å². The van der Waals surface area contributed by atoms with Gasteiger partial charge in [0.05, 0.1) is 0 Å². The first kappa shape index (κ1) is 19.2. The molecule has 29 heavy (non-hydrogen) atoms. The molecule has 2 heterocycles. The molecule has 0 aliphatic carbocycles. The number of likely N-dealkylation sites (N-methyl/N-ethyl adjacent to an activating group) is 1. The van der Waals surface area contributed by atoms with E-state index < -0.39 is 6.04 Å². The van der Waals surface area contributed by atoms with E-state index in [0.717, 1.165) is 16.5 Å². The lowest BCUT2D eigenvalue weighted by Crippen LogP contribution is -2.51. The Balaban J connectivity index is 1.77. The second-order valence-electron chi connectivity index (χ2n) is 8.85. The predicted molar refractivity (Wildman–Crippen MR) is 114 cm³/mol. The lowest BCUT2D eigenvalue weighted by atomic mass is 9.90. The van der Waals surface area contributed by atoms with Crippen molar-refractivity contribution in [3.05, 3.63) is 71.9 Å². The first-order valence-corrected chi connectivity index (χ1v) is 9.98. The molecule has 2 atom stereocenters. The van der Waals surface area contributed by atoms with Crippen molar-refractivity contribution in [1.29, 1.82) is 0 Å². The average Bonchev–Trinajstić information content (AvgIpc) is 3.22. The van der Waals surface area contributed by atoms with E-state index in [1.165, 1.54) is 0 Å². The van der Waals surface area contributed by atoms with Gasteiger partial charge in [0.15, 0.2) is 0 Å². The summed E-state index contributed by atoms with van der Waals surface area (Å²) < 4.78 is 0. The molecule has 1 aliphatic rings. The first-order chi connectivity index (χ1) is 13.8. The topological polar surface area (TPSA) is 56.4 Å². The smallest absolute Gasteiger partial charge is 0.256 e. The Kier molecular flexibility index (Phi) is 4.69. The second kappa shape index (κ2) is 7.07. The fourth-order valence-corrected chi connectivity index (χ4v) is 4.51. The van der Waals surface area contributed by atoms with E-state index in [0.29, 0.717) is 12.0 Å². The Morgan fingerprint density at radius 1 is 1.03 bits per heavy atom. The molecule has 2 amide bonds. The Morgan fingerprint density at radius 2 is 1.69 bits per heavy atom. The lowest BCUT2D eigenvalue weighted by molar-refractivity contribution is -0.129. The van der Waals surface area contributed by atoms with Gasteiger partial charge in [0, 0.05) is 41.5 Å². The molecule has 1 aliphatic heterocycles. The molecule has 4 rings (SSSR count). The molecule has 0 saturated carbocycles. The summed E-state index contributed by atoms with van der Waals surface area (Å²) >= 11 is 0. The van der Waals surface area contributed by atoms with Gasteiger partial charge in [-0.2, -0.15) is 0 Å². The van der Waals surface area contributed by atoms with E-state index in [-0.39, 0.29) is 23.4 Å². The van der Waals surface area contributed by atoms with Gasteiger partial charge in [-0.1, -0.05) is 57.2 Å². The van der Waals surface area contributed by atoms with Crippen molar-refractivity contribution in [1.82, 2.24) is 14.8 Å². The summed E-state index contributed by atoms with van der Waals surface area (Å²) in [4.78, 5) is 33.6. The standard InChI is InChI=1S/C24H27N3O2/c1-24(2,3)23-26(4)22(29)20(27(23)21(28)16-10-6-5-7-11-16)14-17-15-25-19-13-9-8-12-18(17)19/h5-13,15,20,23,25H,14H2,1-4H3. The molecule has 0 bridgehead atoms. The van der Waals surface area contributed by atoms with Crippen LogP contribution in [0, 0.1) is 5.41 Å². The third kappa shape index (κ3) is 3.31. The fraction of sp³-hybridized carbons (Fsp3) is 0.333. The zero-order valence-corrected chi connectivity index (χ0v) is 17.3. The Hall–Kier alpha value is -3.08. The number of H-pyrrole nitrogens is 1. The summed E-state index contributed by atoms with van der Waals surface area (Å²) in [7, 11) is 1.80. The van der Waals surface area contributed by atoms with Crippen molar-refractivity contribution in [3.63, 3.8) is 0 Å². The van der Waals surface area contributed by atoms with Crippen LogP contribution >= 0.6 is 0 Å². The van der Waals surface area contributed by atoms with Gasteiger partial charge in [-0.05, 0) is 23.8 Å². The molecule has 0 spiro atoms. The Labute approximate surface area is 171 Å². The number of carbonyl (C=O) groups excluding carboxylic acids is 2. The van der Waals surface area contributed by atoms with Crippen LogP contribution in [0.1, 0.15) is 36.7 Å². The molecule has 1 N–H and O–H groups in total. The highest BCUT2D eigenvalue weighted by atomic mass is 16.2. The van der Waals surface area contributed by atoms with Gasteiger partial charge in [0.1, 0.15) is 12.2 Å². The van der Waals surface area contributed by atoms with Gasteiger partial charge in [-0.25, -0.2) is 0 Å². The van der Waals surface area contributed by atoms with Crippen LogP contribution in [-0.2, 0) is 11.2 Å². The van der Waals surface area contributed by atoms with E-state index in [2.05, 4.69) is 31.8 Å². The Morgan fingerprint density at radius 3 is 2.38 bits per heavy atom. The molecule has 1 fully saturated rings. The van der Waals surface area contributed by atoms with Crippen LogP contribution in [0.4, 0.5) is 0 Å². The van der Waals surface area contributed by atoms with Crippen molar-refractivity contribution >= 4 is 22.7 Å². The van der Waals surface area contributed by atoms with Gasteiger partial charge in [-0.3, -0.25) is 9.59 Å². The number of rotatable bonds is 3. The zero-order chi connectivity index (χ0) is 20.8. The number of nitrogens with one attached hydrogen (secondary N) is 1. The number of aromatic amines is 1. The summed E-state index contributed by atoms with van der Waals surface area (Å²) in [6.45, 7) is 6.21. The van der Waals surface area contributed by atoms with Crippen LogP contribution < -0.4 is 0 Å². The van der Waals surface area contributed by atoms with Crippen LogP contribution in [0.15, 0.2) is 60.8 Å². The zero-order valence-electron chi connectivity index (χ0n) is 17.3. The van der Waals surface area contributed by atoms with Gasteiger partial charge < -0.3 is 14.8 Å². The number of carbonyl (C=O) groups is 2. The number of aromatic nitrogens is 1. The maximum atomic E-state index is 13.5. The lowest BCUT2D eigenvalue weighted by Gasteiger charge is -2.39. The first-order valence-electron chi connectivity index (χ1n) is 9.98. The van der Waals surface area contributed by atoms with E-state index >= 15 is 0 Å². The number of hydrogen-bond acceptors (Lipinski definition) is 2. The summed E-state index contributed by atoms with van der Waals surface area (Å²) in [5.74, 6) is -0.118. The number of fused-ring (bicyclic) bond motifs is 1. The maximum absolute atomic E-state index is 13.5. The predicted octanol–water partition coefficient (Wildman–Crippen LogP) is 4.07. The van der Waals surface area contributed by atoms with E-state index in [1.54, 1.807) is 16.8 Å². The third-order valence-electron chi connectivity index (χ3n) is 5.72. The van der Waals surface area contributed by atoms with Gasteiger partial charge in [0.25, 0.3) is 5.91 Å². The van der Waals surface area contributed by atoms with Crippen molar-refractivity contribution in [2.24, 2.45) is 5.41 Å². The highest BCUT2D eigenvalue weighted by Gasteiger charge is 2.51. The van der Waals surface area contributed by atoms with Crippen molar-refractivity contribution in [2.75, 3.05) is 7.05 Å². The van der Waals surface area contributed by atoms with Crippen LogP contribution in [0.25, 0.3) is 10.9 Å². The molecule has 5 nitrogen and oxygen atoms in total. The van der Waals surface area contributed by atoms with Crippen LogP contribution in [0.5, 0.6) is 0 Å². The van der Waals surface area contributed by atoms with E-state index in [1.807, 2.05) is 54.7 Å². The van der Waals surface area contributed by atoms with Crippen LogP contribution in [-0.4, -0.2) is 45.9 Å². The largest absolute Gasteiger partial charge is 0.361 e. The molecule has 5 heteroatoms. The van der Waals surface area contributed by atoms with Crippen molar-refractivity contribution in [3.8, 4) is 0 Å². The molecule has 1 aromatic heterocycles. The summed E-state index contributed by atoms with van der Waals surface area (Å²) in [5.41, 5.74) is 2.42. The summed E-state index contributed by atoms with van der Waals surface area (Å²) in [6, 6.07) is 16.7. The monoisotopic (exact) mass is 389 g/mol. The number of hydrogen-bond donors (Lipinski definition) is 1. The quantitative estimate of drug-likeness (QED) is 0.734. The number of para-hydroxylation sites is 1. The summed E-state index contributed by atoms with van der Waals surface area (Å²) in [5, 5.41) is 1.09. The summed E-state index contributed by atoms with van der Waals surface area (Å²) in [6.07, 6.45) is 2.13. The molecule has 1 saturated heterocycles. The highest BCUT2D eigenvalue weighted by Crippen LogP contribution is 2.36. The highest BCUT2D eigenvalue weighted by molar-refractivity contribution is 6.00. The molecular weight excluding hydrogens is 362 g/mol. The molecule has 0 radical (unpaired) electrons. The van der Waals surface area contributed by atoms with E-state index in [9.17, 15) is 9.59 Å². The van der Waals surface area contributed by atoms with E-state index in [4.69, 9.17) is 0 Å². The third-order valence-corrected chi connectivity index (χ3v) is 5.72. The minimum atomic E-state index is -0.531. The minimum Gasteiger partial charge on any atom is -0.361 e. The molecular formula is C24H27N3O2. The average molecular weight is 389 g/mol. The fourth-order valence-electron chi connectivity index (χ4n) is 4.51. The molecule has 150 valence electrons. The van der Waals surface area contributed by atoms with Crippen LogP contribution in [0.2, 0.25) is 0 Å². The number of nitrogens with zero attached hydrogens (tertiary/aromatic N) is 2. The second-order valence-corrected chi connectivity index (χ2v) is 8.85. The number of amides is 2. The normalized spacial score (nSPS) is 19.9.